The molecule has 0 saturated carbocycles. The fourth-order valence-electron chi connectivity index (χ4n) is 3.60. The molecule has 0 aliphatic heterocycles. The van der Waals surface area contributed by atoms with Gasteiger partial charge in [0.25, 0.3) is 5.91 Å². The van der Waals surface area contributed by atoms with Gasteiger partial charge in [0.15, 0.2) is 5.69 Å². The van der Waals surface area contributed by atoms with E-state index >= 15 is 0 Å². The molecule has 1 amide bonds. The fourth-order valence-corrected chi connectivity index (χ4v) is 3.60. The molecule has 28 heavy (non-hydrogen) atoms. The molecule has 150 valence electrons. The highest BCUT2D eigenvalue weighted by atomic mass is 16.5. The highest BCUT2D eigenvalue weighted by Gasteiger charge is 2.30. The molecule has 0 spiro atoms. The summed E-state index contributed by atoms with van der Waals surface area (Å²) in [5, 5.41) is 4.71. The number of esters is 1. The predicted molar refractivity (Wildman–Crippen MR) is 105 cm³/mol. The summed E-state index contributed by atoms with van der Waals surface area (Å²) in [5.74, 6) is -0.502. The SMILES string of the molecule is COCCN(CCC(=O)OC)C(=O)c1nn(-c2ccccc2C)c2c1CCC2. The van der Waals surface area contributed by atoms with E-state index in [0.29, 0.717) is 18.8 Å². The summed E-state index contributed by atoms with van der Waals surface area (Å²) < 4.78 is 11.8. The molecule has 0 fully saturated rings. The van der Waals surface area contributed by atoms with E-state index < -0.39 is 0 Å². The van der Waals surface area contributed by atoms with Gasteiger partial charge in [0, 0.05) is 31.5 Å². The Morgan fingerprint density at radius 1 is 1.18 bits per heavy atom. The molecule has 7 heteroatoms. The lowest BCUT2D eigenvalue weighted by Gasteiger charge is -2.21. The number of amides is 1. The Bertz CT molecular complexity index is 859. The van der Waals surface area contributed by atoms with Gasteiger partial charge in [-0.2, -0.15) is 5.10 Å². The van der Waals surface area contributed by atoms with E-state index in [1.165, 1.54) is 7.11 Å². The monoisotopic (exact) mass is 385 g/mol. The van der Waals surface area contributed by atoms with Crippen molar-refractivity contribution in [2.24, 2.45) is 0 Å². The van der Waals surface area contributed by atoms with Crippen LogP contribution in [0.4, 0.5) is 0 Å². The van der Waals surface area contributed by atoms with Crippen LogP contribution >= 0.6 is 0 Å². The van der Waals surface area contributed by atoms with E-state index in [-0.39, 0.29) is 24.8 Å². The lowest BCUT2D eigenvalue weighted by atomic mass is 10.1. The van der Waals surface area contributed by atoms with Gasteiger partial charge in [-0.3, -0.25) is 9.59 Å². The fraction of sp³-hybridized carbons (Fsp3) is 0.476. The van der Waals surface area contributed by atoms with E-state index in [1.54, 1.807) is 12.0 Å². The number of benzene rings is 1. The number of ether oxygens (including phenoxy) is 2. The summed E-state index contributed by atoms with van der Waals surface area (Å²) >= 11 is 0. The Hall–Kier alpha value is -2.67. The Kier molecular flexibility index (Phi) is 6.46. The van der Waals surface area contributed by atoms with Gasteiger partial charge in [-0.25, -0.2) is 4.68 Å². The summed E-state index contributed by atoms with van der Waals surface area (Å²) in [4.78, 5) is 26.5. The van der Waals surface area contributed by atoms with Gasteiger partial charge in [0.2, 0.25) is 0 Å². The molecule has 7 nitrogen and oxygen atoms in total. The maximum Gasteiger partial charge on any atom is 0.307 e. The van der Waals surface area contributed by atoms with Crippen molar-refractivity contribution in [1.29, 1.82) is 0 Å². The molecule has 1 aliphatic rings. The third-order valence-corrected chi connectivity index (χ3v) is 5.14. The Morgan fingerprint density at radius 2 is 1.96 bits per heavy atom. The number of rotatable bonds is 8. The summed E-state index contributed by atoms with van der Waals surface area (Å²) in [7, 11) is 2.94. The number of hydrogen-bond acceptors (Lipinski definition) is 5. The maximum atomic E-state index is 13.3. The number of aryl methyl sites for hydroxylation is 1. The molecule has 0 unspecified atom stereocenters. The number of hydrogen-bond donors (Lipinski definition) is 0. The first-order valence-electron chi connectivity index (χ1n) is 9.58. The molecule has 2 aromatic rings. The molecule has 0 N–H and O–H groups in total. The van der Waals surface area contributed by atoms with Crippen LogP contribution in [0.2, 0.25) is 0 Å². The number of carbonyl (C=O) groups excluding carboxylic acids is 2. The van der Waals surface area contributed by atoms with E-state index in [2.05, 4.69) is 0 Å². The molecule has 1 aromatic heterocycles. The lowest BCUT2D eigenvalue weighted by molar-refractivity contribution is -0.140. The van der Waals surface area contributed by atoms with Crippen molar-refractivity contribution < 1.29 is 19.1 Å². The van der Waals surface area contributed by atoms with Gasteiger partial charge in [-0.1, -0.05) is 18.2 Å². The van der Waals surface area contributed by atoms with Gasteiger partial charge >= 0.3 is 5.97 Å². The lowest BCUT2D eigenvalue weighted by Crippen LogP contribution is -2.36. The van der Waals surface area contributed by atoms with Crippen LogP contribution in [0, 0.1) is 6.92 Å². The molecule has 0 atom stereocenters. The predicted octanol–water partition coefficient (Wildman–Crippen LogP) is 2.32. The van der Waals surface area contributed by atoms with Crippen LogP contribution in [0.1, 0.15) is 40.2 Å². The number of methoxy groups -OCH3 is 2. The van der Waals surface area contributed by atoms with E-state index in [9.17, 15) is 9.59 Å². The van der Waals surface area contributed by atoms with Crippen molar-refractivity contribution in [3.63, 3.8) is 0 Å². The minimum absolute atomic E-state index is 0.145. The molecule has 1 heterocycles. The highest BCUT2D eigenvalue weighted by molar-refractivity contribution is 5.94. The average molecular weight is 385 g/mol. The summed E-state index contributed by atoms with van der Waals surface area (Å²) in [6.45, 7) is 3.12. The Morgan fingerprint density at radius 3 is 2.68 bits per heavy atom. The second-order valence-corrected chi connectivity index (χ2v) is 6.94. The van der Waals surface area contributed by atoms with Crippen LogP contribution in [-0.4, -0.2) is 60.5 Å². The van der Waals surface area contributed by atoms with Crippen LogP contribution in [0.5, 0.6) is 0 Å². The topological polar surface area (TPSA) is 73.7 Å². The molecule has 0 saturated heterocycles. The second kappa shape index (κ2) is 9.01. The van der Waals surface area contributed by atoms with E-state index in [1.807, 2.05) is 35.9 Å². The van der Waals surface area contributed by atoms with Gasteiger partial charge in [0.05, 0.1) is 25.8 Å². The van der Waals surface area contributed by atoms with Crippen molar-refractivity contribution in [3.8, 4) is 5.69 Å². The molecular weight excluding hydrogens is 358 g/mol. The van der Waals surface area contributed by atoms with Crippen LogP contribution < -0.4 is 0 Å². The van der Waals surface area contributed by atoms with E-state index in [4.69, 9.17) is 14.6 Å². The molecule has 0 radical (unpaired) electrons. The van der Waals surface area contributed by atoms with Crippen molar-refractivity contribution in [3.05, 3.63) is 46.8 Å². The molecule has 1 aliphatic carbocycles. The Labute approximate surface area is 165 Å². The maximum absolute atomic E-state index is 13.3. The third kappa shape index (κ3) is 4.09. The van der Waals surface area contributed by atoms with Gasteiger partial charge in [-0.15, -0.1) is 0 Å². The van der Waals surface area contributed by atoms with Crippen molar-refractivity contribution in [1.82, 2.24) is 14.7 Å². The highest BCUT2D eigenvalue weighted by Crippen LogP contribution is 2.29. The van der Waals surface area contributed by atoms with Gasteiger partial charge in [-0.05, 0) is 37.8 Å². The zero-order chi connectivity index (χ0) is 20.1. The first-order chi connectivity index (χ1) is 13.6. The quantitative estimate of drug-likeness (QED) is 0.652. The molecule has 0 bridgehead atoms. The molecule has 3 rings (SSSR count). The molecule has 1 aromatic carbocycles. The number of carbonyl (C=O) groups is 2. The third-order valence-electron chi connectivity index (χ3n) is 5.14. The van der Waals surface area contributed by atoms with Crippen molar-refractivity contribution in [2.75, 3.05) is 33.9 Å². The number of para-hydroxylation sites is 1. The first kappa shape index (κ1) is 20.1. The van der Waals surface area contributed by atoms with Crippen molar-refractivity contribution >= 4 is 11.9 Å². The zero-order valence-corrected chi connectivity index (χ0v) is 16.7. The standard InChI is InChI=1S/C21H27N3O4/c1-15-7-4-5-9-17(15)24-18-10-6-8-16(18)20(22-24)21(26)23(13-14-27-2)12-11-19(25)28-3/h4-5,7,9H,6,8,10-14H2,1-3H3. The number of nitrogens with zero attached hydrogens (tertiary/aromatic N) is 3. The largest absolute Gasteiger partial charge is 0.469 e. The van der Waals surface area contributed by atoms with Crippen LogP contribution in [0.3, 0.4) is 0 Å². The smallest absolute Gasteiger partial charge is 0.307 e. The average Bonchev–Trinajstić information content (AvgIpc) is 3.30. The van der Waals surface area contributed by atoms with Crippen molar-refractivity contribution in [2.45, 2.75) is 32.6 Å². The van der Waals surface area contributed by atoms with Crippen LogP contribution in [0.15, 0.2) is 24.3 Å². The summed E-state index contributed by atoms with van der Waals surface area (Å²) in [5.41, 5.74) is 4.72. The van der Waals surface area contributed by atoms with Crippen LogP contribution in [-0.2, 0) is 27.1 Å². The zero-order valence-electron chi connectivity index (χ0n) is 16.7. The van der Waals surface area contributed by atoms with Gasteiger partial charge < -0.3 is 14.4 Å². The number of fused-ring (bicyclic) bond motifs is 1. The Balaban J connectivity index is 1.92. The second-order valence-electron chi connectivity index (χ2n) is 6.94. The minimum atomic E-state index is -0.342. The normalized spacial score (nSPS) is 12.7. The van der Waals surface area contributed by atoms with Crippen LogP contribution in [0.25, 0.3) is 5.69 Å². The number of aromatic nitrogens is 2. The van der Waals surface area contributed by atoms with E-state index in [0.717, 1.165) is 41.8 Å². The minimum Gasteiger partial charge on any atom is -0.469 e. The summed E-state index contributed by atoms with van der Waals surface area (Å²) in [6.07, 6.45) is 2.91. The summed E-state index contributed by atoms with van der Waals surface area (Å²) in [6, 6.07) is 8.04. The first-order valence-corrected chi connectivity index (χ1v) is 9.58. The van der Waals surface area contributed by atoms with Gasteiger partial charge in [0.1, 0.15) is 0 Å². The molecular formula is C21H27N3O4.